The summed E-state index contributed by atoms with van der Waals surface area (Å²) in [7, 11) is 0. The number of para-hydroxylation sites is 1. The largest absolute Gasteiger partial charge is 0.387 e. The molecule has 0 aliphatic carbocycles. The van der Waals surface area contributed by atoms with Crippen LogP contribution in [0.5, 0.6) is 0 Å². The van der Waals surface area contributed by atoms with Gasteiger partial charge in [-0.05, 0) is 40.9 Å². The fourth-order valence-electron chi connectivity index (χ4n) is 1.65. The van der Waals surface area contributed by atoms with E-state index < -0.39 is 6.10 Å². The number of hydrogen-bond acceptors (Lipinski definition) is 3. The molecule has 1 atom stereocenters. The molecule has 5 heteroatoms. The second-order valence-corrected chi connectivity index (χ2v) is 5.00. The second kappa shape index (κ2) is 6.36. The summed E-state index contributed by atoms with van der Waals surface area (Å²) >= 11 is 1.52. The summed E-state index contributed by atoms with van der Waals surface area (Å²) < 4.78 is 0. The Bertz CT molecular complexity index is 540. The van der Waals surface area contributed by atoms with Crippen molar-refractivity contribution in [3.8, 4) is 0 Å². The molecule has 0 unspecified atom stereocenters. The van der Waals surface area contributed by atoms with Gasteiger partial charge in [0.15, 0.2) is 0 Å². The van der Waals surface area contributed by atoms with Crippen molar-refractivity contribution in [1.29, 1.82) is 0 Å². The summed E-state index contributed by atoms with van der Waals surface area (Å²) in [6.45, 7) is 2.12. The van der Waals surface area contributed by atoms with Gasteiger partial charge in [0.25, 0.3) is 0 Å². The summed E-state index contributed by atoms with van der Waals surface area (Å²) in [5.41, 5.74) is 2.59. The zero-order chi connectivity index (χ0) is 13.7. The van der Waals surface area contributed by atoms with E-state index in [2.05, 4.69) is 10.6 Å². The van der Waals surface area contributed by atoms with E-state index in [0.29, 0.717) is 0 Å². The van der Waals surface area contributed by atoms with Gasteiger partial charge >= 0.3 is 6.03 Å². The first-order valence-corrected chi connectivity index (χ1v) is 6.92. The highest BCUT2D eigenvalue weighted by Crippen LogP contribution is 2.15. The molecule has 0 saturated carbocycles. The van der Waals surface area contributed by atoms with E-state index >= 15 is 0 Å². The summed E-state index contributed by atoms with van der Waals surface area (Å²) in [6, 6.07) is 9.07. The van der Waals surface area contributed by atoms with Gasteiger partial charge in [-0.15, -0.1) is 0 Å². The first-order valence-electron chi connectivity index (χ1n) is 5.97. The zero-order valence-electron chi connectivity index (χ0n) is 10.6. The van der Waals surface area contributed by atoms with Crippen LogP contribution in [0.2, 0.25) is 0 Å². The minimum absolute atomic E-state index is 0.189. The lowest BCUT2D eigenvalue weighted by atomic mass is 10.2. The SMILES string of the molecule is Cc1ccccc1NC(=O)NC[C@H](O)c1ccsc1. The molecule has 2 aromatic rings. The Balaban J connectivity index is 1.84. The van der Waals surface area contributed by atoms with Crippen LogP contribution in [-0.2, 0) is 0 Å². The van der Waals surface area contributed by atoms with E-state index in [0.717, 1.165) is 16.8 Å². The summed E-state index contributed by atoms with van der Waals surface area (Å²) in [5.74, 6) is 0. The van der Waals surface area contributed by atoms with Gasteiger partial charge < -0.3 is 15.7 Å². The number of anilines is 1. The predicted molar refractivity (Wildman–Crippen MR) is 77.5 cm³/mol. The van der Waals surface area contributed by atoms with E-state index in [1.54, 1.807) is 0 Å². The van der Waals surface area contributed by atoms with Crippen LogP contribution in [0.15, 0.2) is 41.1 Å². The molecule has 4 nitrogen and oxygen atoms in total. The lowest BCUT2D eigenvalue weighted by Gasteiger charge is -2.12. The molecule has 3 N–H and O–H groups in total. The Morgan fingerprint density at radius 3 is 2.84 bits per heavy atom. The van der Waals surface area contributed by atoms with Gasteiger partial charge in [-0.2, -0.15) is 11.3 Å². The van der Waals surface area contributed by atoms with E-state index in [1.165, 1.54) is 11.3 Å². The summed E-state index contributed by atoms with van der Waals surface area (Å²) in [5, 5.41) is 19.0. The number of aryl methyl sites for hydroxylation is 1. The third-order valence-electron chi connectivity index (χ3n) is 2.78. The summed E-state index contributed by atoms with van der Waals surface area (Å²) in [6.07, 6.45) is -0.672. The van der Waals surface area contributed by atoms with Crippen LogP contribution in [0.3, 0.4) is 0 Å². The second-order valence-electron chi connectivity index (χ2n) is 4.22. The van der Waals surface area contributed by atoms with E-state index in [4.69, 9.17) is 0 Å². The molecule has 0 saturated heterocycles. The average Bonchev–Trinajstić information content (AvgIpc) is 2.93. The molecule has 2 amide bonds. The molecule has 0 aliphatic rings. The number of hydrogen-bond donors (Lipinski definition) is 3. The number of benzene rings is 1. The van der Waals surface area contributed by atoms with Crippen molar-refractivity contribution >= 4 is 23.1 Å². The zero-order valence-corrected chi connectivity index (χ0v) is 11.4. The number of carbonyl (C=O) groups excluding carboxylic acids is 1. The molecule has 1 heterocycles. The molecule has 0 fully saturated rings. The highest BCUT2D eigenvalue weighted by atomic mass is 32.1. The average molecular weight is 276 g/mol. The number of urea groups is 1. The van der Waals surface area contributed by atoms with E-state index in [9.17, 15) is 9.90 Å². The highest BCUT2D eigenvalue weighted by Gasteiger charge is 2.10. The molecular formula is C14H16N2O2S. The Kier molecular flexibility index (Phi) is 4.54. The van der Waals surface area contributed by atoms with Crippen molar-refractivity contribution in [3.63, 3.8) is 0 Å². The fourth-order valence-corrected chi connectivity index (χ4v) is 2.36. The van der Waals surface area contributed by atoms with Crippen molar-refractivity contribution in [2.75, 3.05) is 11.9 Å². The summed E-state index contributed by atoms with van der Waals surface area (Å²) in [4.78, 5) is 11.7. The molecule has 0 spiro atoms. The predicted octanol–water partition coefficient (Wildman–Crippen LogP) is 2.91. The van der Waals surface area contributed by atoms with Gasteiger partial charge in [0.1, 0.15) is 0 Å². The lowest BCUT2D eigenvalue weighted by molar-refractivity contribution is 0.175. The number of aliphatic hydroxyl groups excluding tert-OH is 1. The fraction of sp³-hybridized carbons (Fsp3) is 0.214. The Morgan fingerprint density at radius 2 is 2.16 bits per heavy atom. The minimum atomic E-state index is -0.672. The lowest BCUT2D eigenvalue weighted by Crippen LogP contribution is -2.32. The molecule has 0 bridgehead atoms. The van der Waals surface area contributed by atoms with Crippen molar-refractivity contribution in [2.45, 2.75) is 13.0 Å². The molecule has 19 heavy (non-hydrogen) atoms. The number of nitrogens with one attached hydrogen (secondary N) is 2. The van der Waals surface area contributed by atoms with Crippen LogP contribution in [0.1, 0.15) is 17.2 Å². The van der Waals surface area contributed by atoms with Crippen molar-refractivity contribution in [3.05, 3.63) is 52.2 Å². The van der Waals surface area contributed by atoms with Crippen molar-refractivity contribution in [1.82, 2.24) is 5.32 Å². The van der Waals surface area contributed by atoms with Crippen LogP contribution < -0.4 is 10.6 Å². The third kappa shape index (κ3) is 3.81. The molecule has 1 aromatic carbocycles. The van der Waals surface area contributed by atoms with Crippen LogP contribution in [0.4, 0.5) is 10.5 Å². The molecule has 0 radical (unpaired) electrons. The van der Waals surface area contributed by atoms with Gasteiger partial charge in [-0.1, -0.05) is 18.2 Å². The highest BCUT2D eigenvalue weighted by molar-refractivity contribution is 7.07. The first kappa shape index (κ1) is 13.6. The topological polar surface area (TPSA) is 61.4 Å². The molecule has 100 valence electrons. The maximum Gasteiger partial charge on any atom is 0.319 e. The van der Waals surface area contributed by atoms with Gasteiger partial charge in [0.05, 0.1) is 6.10 Å². The Morgan fingerprint density at radius 1 is 1.37 bits per heavy atom. The van der Waals surface area contributed by atoms with Gasteiger partial charge in [0.2, 0.25) is 0 Å². The smallest absolute Gasteiger partial charge is 0.319 e. The number of amides is 2. The van der Waals surface area contributed by atoms with Crippen molar-refractivity contribution in [2.24, 2.45) is 0 Å². The monoisotopic (exact) mass is 276 g/mol. The van der Waals surface area contributed by atoms with Gasteiger partial charge in [-0.25, -0.2) is 4.79 Å². The molecular weight excluding hydrogens is 260 g/mol. The van der Waals surface area contributed by atoms with Gasteiger partial charge in [0, 0.05) is 12.2 Å². The maximum absolute atomic E-state index is 11.7. The van der Waals surface area contributed by atoms with Crippen LogP contribution in [-0.4, -0.2) is 17.7 Å². The Hall–Kier alpha value is -1.85. The van der Waals surface area contributed by atoms with Crippen LogP contribution >= 0.6 is 11.3 Å². The quantitative estimate of drug-likeness (QED) is 0.804. The standard InChI is InChI=1S/C14H16N2O2S/c1-10-4-2-3-5-12(10)16-14(18)15-8-13(17)11-6-7-19-9-11/h2-7,9,13,17H,8H2,1H3,(H2,15,16,18)/t13-/m0/s1. The number of aliphatic hydroxyl groups is 1. The molecule has 2 rings (SSSR count). The molecule has 0 aliphatic heterocycles. The number of rotatable bonds is 4. The van der Waals surface area contributed by atoms with Crippen molar-refractivity contribution < 1.29 is 9.90 Å². The maximum atomic E-state index is 11.7. The number of carbonyl (C=O) groups is 1. The third-order valence-corrected chi connectivity index (χ3v) is 3.48. The Labute approximate surface area is 116 Å². The normalized spacial score (nSPS) is 11.9. The van der Waals surface area contributed by atoms with Crippen LogP contribution in [0.25, 0.3) is 0 Å². The van der Waals surface area contributed by atoms with E-state index in [1.807, 2.05) is 48.0 Å². The van der Waals surface area contributed by atoms with E-state index in [-0.39, 0.29) is 12.6 Å². The van der Waals surface area contributed by atoms with Gasteiger partial charge in [-0.3, -0.25) is 0 Å². The molecule has 1 aromatic heterocycles. The number of thiophene rings is 1. The first-order chi connectivity index (χ1) is 9.16. The van der Waals surface area contributed by atoms with Crippen LogP contribution in [0, 0.1) is 6.92 Å². The minimum Gasteiger partial charge on any atom is -0.387 e.